The maximum atomic E-state index is 5.48. The molecule has 0 aromatic carbocycles. The second-order valence-corrected chi connectivity index (χ2v) is 2.81. The van der Waals surface area contributed by atoms with Gasteiger partial charge in [-0.3, -0.25) is 0 Å². The fourth-order valence-electron chi connectivity index (χ4n) is 1.55. The van der Waals surface area contributed by atoms with Crippen LogP contribution in [-0.2, 0) is 9.47 Å². The zero-order valence-corrected chi connectivity index (χ0v) is 6.19. The Morgan fingerprint density at radius 3 is 3.09 bits per heavy atom. The van der Waals surface area contributed by atoms with Gasteiger partial charge in [0.25, 0.3) is 0 Å². The van der Waals surface area contributed by atoms with Crippen molar-refractivity contribution < 1.29 is 9.47 Å². The molecule has 3 atom stereocenters. The predicted octanol–water partition coefficient (Wildman–Crippen LogP) is 0.732. The van der Waals surface area contributed by atoms with E-state index in [0.29, 0.717) is 6.61 Å². The largest absolute Gasteiger partial charge is 0.364 e. The van der Waals surface area contributed by atoms with E-state index in [9.17, 15) is 0 Å². The highest BCUT2D eigenvalue weighted by Gasteiger charge is 2.37. The third-order valence-electron chi connectivity index (χ3n) is 2.06. The molecule has 0 radical (unpaired) electrons. The highest BCUT2D eigenvalue weighted by Crippen LogP contribution is 2.30. The van der Waals surface area contributed by atoms with Gasteiger partial charge in [0.15, 0.2) is 0 Å². The summed E-state index contributed by atoms with van der Waals surface area (Å²) in [5, 5.41) is 0. The number of ether oxygens (including phenoxy) is 2. The van der Waals surface area contributed by atoms with Crippen LogP contribution in [0.3, 0.4) is 0 Å². The second kappa shape index (κ2) is 2.69. The van der Waals surface area contributed by atoms with Crippen molar-refractivity contribution >= 4 is 0 Å². The first-order valence-electron chi connectivity index (χ1n) is 3.79. The fourth-order valence-corrected chi connectivity index (χ4v) is 1.55. The first kappa shape index (κ1) is 6.90. The third-order valence-corrected chi connectivity index (χ3v) is 2.06. The number of terminal acetylenes is 1. The highest BCUT2D eigenvalue weighted by molar-refractivity contribution is 5.12. The van der Waals surface area contributed by atoms with E-state index in [4.69, 9.17) is 15.9 Å². The van der Waals surface area contributed by atoms with E-state index in [1.54, 1.807) is 0 Å². The van der Waals surface area contributed by atoms with Crippen LogP contribution < -0.4 is 0 Å². The van der Waals surface area contributed by atoms with Crippen LogP contribution in [0.25, 0.3) is 0 Å². The molecule has 2 bridgehead atoms. The minimum absolute atomic E-state index is 0.161. The van der Waals surface area contributed by atoms with E-state index in [2.05, 4.69) is 18.1 Å². The van der Waals surface area contributed by atoms with Gasteiger partial charge in [-0.25, -0.2) is 0 Å². The third kappa shape index (κ3) is 1.18. The molecule has 2 heteroatoms. The summed E-state index contributed by atoms with van der Waals surface area (Å²) in [6, 6.07) is 0. The van der Waals surface area contributed by atoms with Crippen molar-refractivity contribution in [2.45, 2.75) is 24.7 Å². The normalized spacial score (nSPS) is 39.4. The number of fused-ring (bicyclic) bond motifs is 2. The SMILES string of the molecule is C#CCO[C@H]1C[C@H]2C=C[C@@H]1O2. The fraction of sp³-hybridized carbons (Fsp3) is 0.556. The lowest BCUT2D eigenvalue weighted by molar-refractivity contribution is 0.0280. The minimum Gasteiger partial charge on any atom is -0.364 e. The van der Waals surface area contributed by atoms with Gasteiger partial charge >= 0.3 is 0 Å². The molecule has 2 aliphatic heterocycles. The van der Waals surface area contributed by atoms with Gasteiger partial charge in [-0.15, -0.1) is 6.42 Å². The standard InChI is InChI=1S/C9H10O2/c1-2-5-10-9-6-7-3-4-8(9)11-7/h1,3-4,7-9H,5-6H2/t7-,8+,9+/m1/s1. The van der Waals surface area contributed by atoms with Gasteiger partial charge in [0.05, 0.1) is 12.2 Å². The molecule has 0 aliphatic carbocycles. The molecule has 0 aromatic heterocycles. The van der Waals surface area contributed by atoms with Crippen LogP contribution in [0.15, 0.2) is 12.2 Å². The summed E-state index contributed by atoms with van der Waals surface area (Å²) in [7, 11) is 0. The van der Waals surface area contributed by atoms with Crippen molar-refractivity contribution in [3.05, 3.63) is 12.2 Å². The Morgan fingerprint density at radius 1 is 1.64 bits per heavy atom. The van der Waals surface area contributed by atoms with Gasteiger partial charge in [-0.05, 0) is 0 Å². The van der Waals surface area contributed by atoms with Crippen LogP contribution >= 0.6 is 0 Å². The Balaban J connectivity index is 1.89. The monoisotopic (exact) mass is 150 g/mol. The average molecular weight is 150 g/mol. The molecule has 1 fully saturated rings. The summed E-state index contributed by atoms with van der Waals surface area (Å²) in [6.07, 6.45) is 10.8. The molecule has 0 amide bonds. The van der Waals surface area contributed by atoms with Crippen molar-refractivity contribution in [3.8, 4) is 12.3 Å². The Hall–Kier alpha value is -0.780. The summed E-state index contributed by atoms with van der Waals surface area (Å²) < 4.78 is 10.9. The van der Waals surface area contributed by atoms with Crippen molar-refractivity contribution in [3.63, 3.8) is 0 Å². The molecule has 0 saturated carbocycles. The summed E-state index contributed by atoms with van der Waals surface area (Å²) in [5.41, 5.74) is 0. The van der Waals surface area contributed by atoms with E-state index in [0.717, 1.165) is 6.42 Å². The smallest absolute Gasteiger partial charge is 0.107 e. The molecule has 58 valence electrons. The van der Waals surface area contributed by atoms with Gasteiger partial charge in [0.1, 0.15) is 12.7 Å². The summed E-state index contributed by atoms with van der Waals surface area (Å²) in [6.45, 7) is 0.394. The molecule has 2 heterocycles. The summed E-state index contributed by atoms with van der Waals surface area (Å²) >= 11 is 0. The van der Waals surface area contributed by atoms with E-state index in [1.807, 2.05) is 0 Å². The maximum absolute atomic E-state index is 5.48. The zero-order chi connectivity index (χ0) is 7.68. The van der Waals surface area contributed by atoms with Crippen molar-refractivity contribution in [2.24, 2.45) is 0 Å². The lowest BCUT2D eigenvalue weighted by Gasteiger charge is -2.13. The molecule has 0 spiro atoms. The van der Waals surface area contributed by atoms with Crippen molar-refractivity contribution in [2.75, 3.05) is 6.61 Å². The Labute approximate surface area is 66.2 Å². The number of hydrogen-bond donors (Lipinski definition) is 0. The molecular formula is C9H10O2. The molecule has 2 rings (SSSR count). The highest BCUT2D eigenvalue weighted by atomic mass is 16.6. The lowest BCUT2D eigenvalue weighted by Crippen LogP contribution is -2.23. The Bertz CT molecular complexity index is 214. The molecule has 2 aliphatic rings. The molecule has 11 heavy (non-hydrogen) atoms. The van der Waals surface area contributed by atoms with Crippen molar-refractivity contribution in [1.82, 2.24) is 0 Å². The van der Waals surface area contributed by atoms with Crippen LogP contribution in [0.1, 0.15) is 6.42 Å². The molecule has 0 unspecified atom stereocenters. The van der Waals surface area contributed by atoms with Crippen LogP contribution in [0.5, 0.6) is 0 Å². The first-order chi connectivity index (χ1) is 5.40. The van der Waals surface area contributed by atoms with Gasteiger partial charge in [-0.1, -0.05) is 18.1 Å². The van der Waals surface area contributed by atoms with Crippen LogP contribution in [0.2, 0.25) is 0 Å². The van der Waals surface area contributed by atoms with Gasteiger partial charge in [0, 0.05) is 6.42 Å². The van der Waals surface area contributed by atoms with Crippen molar-refractivity contribution in [1.29, 1.82) is 0 Å². The van der Waals surface area contributed by atoms with Crippen LogP contribution in [0, 0.1) is 12.3 Å². The molecule has 2 nitrogen and oxygen atoms in total. The van der Waals surface area contributed by atoms with Crippen LogP contribution in [-0.4, -0.2) is 24.9 Å². The quantitative estimate of drug-likeness (QED) is 0.427. The zero-order valence-electron chi connectivity index (χ0n) is 6.19. The van der Waals surface area contributed by atoms with E-state index in [1.165, 1.54) is 0 Å². The summed E-state index contributed by atoms with van der Waals surface area (Å²) in [5.74, 6) is 2.45. The topological polar surface area (TPSA) is 18.5 Å². The maximum Gasteiger partial charge on any atom is 0.107 e. The Kier molecular flexibility index (Phi) is 1.69. The van der Waals surface area contributed by atoms with E-state index in [-0.39, 0.29) is 18.3 Å². The van der Waals surface area contributed by atoms with Gasteiger partial charge in [0.2, 0.25) is 0 Å². The molecule has 0 N–H and O–H groups in total. The minimum atomic E-state index is 0.161. The Morgan fingerprint density at radius 2 is 2.55 bits per heavy atom. The summed E-state index contributed by atoms with van der Waals surface area (Å²) in [4.78, 5) is 0. The van der Waals surface area contributed by atoms with E-state index < -0.39 is 0 Å². The predicted molar refractivity (Wildman–Crippen MR) is 41.0 cm³/mol. The average Bonchev–Trinajstić information content (AvgIpc) is 2.60. The first-order valence-corrected chi connectivity index (χ1v) is 3.79. The number of hydrogen-bond acceptors (Lipinski definition) is 2. The van der Waals surface area contributed by atoms with Gasteiger partial charge < -0.3 is 9.47 Å². The molecule has 0 aromatic rings. The molecular weight excluding hydrogens is 140 g/mol. The second-order valence-electron chi connectivity index (χ2n) is 2.81. The van der Waals surface area contributed by atoms with E-state index >= 15 is 0 Å². The van der Waals surface area contributed by atoms with Gasteiger partial charge in [-0.2, -0.15) is 0 Å². The van der Waals surface area contributed by atoms with Crippen LogP contribution in [0.4, 0.5) is 0 Å². The number of rotatable bonds is 2. The molecule has 1 saturated heterocycles. The lowest BCUT2D eigenvalue weighted by atomic mass is 10.1.